The highest BCUT2D eigenvalue weighted by molar-refractivity contribution is 7.19. The summed E-state index contributed by atoms with van der Waals surface area (Å²) >= 11 is 1.72. The quantitative estimate of drug-likeness (QED) is 0.806. The highest BCUT2D eigenvalue weighted by Gasteiger charge is 2.13. The summed E-state index contributed by atoms with van der Waals surface area (Å²) in [6.45, 7) is 10.00. The highest BCUT2D eigenvalue weighted by atomic mass is 32.1. The molecule has 1 aromatic carbocycles. The number of rotatable bonds is 1. The second kappa shape index (κ2) is 5.32. The van der Waals surface area contributed by atoms with Crippen LogP contribution in [0.15, 0.2) is 12.1 Å². The van der Waals surface area contributed by atoms with E-state index in [-0.39, 0.29) is 0 Å². The molecular formula is C14H18O2S. The molecule has 0 aliphatic heterocycles. The lowest BCUT2D eigenvalue weighted by Gasteiger charge is -2.03. The normalized spacial score (nSPS) is 9.94. The molecule has 2 rings (SSSR count). The summed E-state index contributed by atoms with van der Waals surface area (Å²) in [5.74, 6) is -0.849. The van der Waals surface area contributed by atoms with Gasteiger partial charge in [0.15, 0.2) is 0 Å². The van der Waals surface area contributed by atoms with Crippen LogP contribution < -0.4 is 0 Å². The number of benzene rings is 1. The first kappa shape index (κ1) is 13.7. The zero-order valence-corrected chi connectivity index (χ0v) is 11.7. The number of carbonyl (C=O) groups is 1. The molecule has 0 bridgehead atoms. The Morgan fingerprint density at radius 2 is 1.71 bits per heavy atom. The van der Waals surface area contributed by atoms with Crippen molar-refractivity contribution >= 4 is 27.4 Å². The summed E-state index contributed by atoms with van der Waals surface area (Å²) in [6, 6.07) is 3.59. The second-order valence-corrected chi connectivity index (χ2v) is 4.96. The van der Waals surface area contributed by atoms with Gasteiger partial charge in [0.05, 0.1) is 5.56 Å². The molecule has 0 amide bonds. The fraction of sp³-hybridized carbons (Fsp3) is 0.357. The first-order valence-electron chi connectivity index (χ1n) is 5.75. The van der Waals surface area contributed by atoms with Crippen LogP contribution >= 0.6 is 11.3 Å². The van der Waals surface area contributed by atoms with E-state index in [1.807, 2.05) is 33.8 Å². The monoisotopic (exact) mass is 250 g/mol. The van der Waals surface area contributed by atoms with Gasteiger partial charge in [-0.25, -0.2) is 4.79 Å². The van der Waals surface area contributed by atoms with Gasteiger partial charge < -0.3 is 5.11 Å². The number of carboxylic acids is 1. The van der Waals surface area contributed by atoms with E-state index in [4.69, 9.17) is 5.11 Å². The average Bonchev–Trinajstić information content (AvgIpc) is 2.58. The second-order valence-electron chi connectivity index (χ2n) is 3.70. The van der Waals surface area contributed by atoms with Crippen LogP contribution in [-0.4, -0.2) is 11.1 Å². The zero-order valence-electron chi connectivity index (χ0n) is 10.9. The van der Waals surface area contributed by atoms with Gasteiger partial charge in [0.1, 0.15) is 0 Å². The molecule has 0 aliphatic carbocycles. The summed E-state index contributed by atoms with van der Waals surface area (Å²) < 4.78 is 1.17. The maximum absolute atomic E-state index is 11.0. The first-order valence-corrected chi connectivity index (χ1v) is 6.56. The van der Waals surface area contributed by atoms with Gasteiger partial charge in [0.25, 0.3) is 0 Å². The number of thiophene rings is 1. The molecule has 3 heteroatoms. The molecule has 1 N–H and O–H groups in total. The molecule has 0 unspecified atom stereocenters. The Morgan fingerprint density at radius 1 is 1.12 bits per heavy atom. The van der Waals surface area contributed by atoms with E-state index in [0.29, 0.717) is 5.56 Å². The Labute approximate surface area is 106 Å². The van der Waals surface area contributed by atoms with E-state index < -0.39 is 5.97 Å². The lowest BCUT2D eigenvalue weighted by molar-refractivity contribution is 0.0696. The van der Waals surface area contributed by atoms with Crippen LogP contribution in [0, 0.1) is 20.8 Å². The third-order valence-corrected chi connectivity index (χ3v) is 4.00. The number of hydrogen-bond donors (Lipinski definition) is 1. The van der Waals surface area contributed by atoms with Crippen LogP contribution in [0.3, 0.4) is 0 Å². The lowest BCUT2D eigenvalue weighted by atomic mass is 10.0. The highest BCUT2D eigenvalue weighted by Crippen LogP contribution is 2.33. The van der Waals surface area contributed by atoms with Crippen molar-refractivity contribution in [2.45, 2.75) is 34.6 Å². The third kappa shape index (κ3) is 2.34. The summed E-state index contributed by atoms with van der Waals surface area (Å²) in [4.78, 5) is 12.2. The lowest BCUT2D eigenvalue weighted by Crippen LogP contribution is -1.99. The number of hydrogen-bond acceptors (Lipinski definition) is 2. The van der Waals surface area contributed by atoms with E-state index in [1.165, 1.54) is 15.1 Å². The average molecular weight is 250 g/mol. The number of aromatic carboxylic acids is 1. The molecule has 1 aromatic heterocycles. The molecule has 0 fully saturated rings. The van der Waals surface area contributed by atoms with Crippen LogP contribution in [0.4, 0.5) is 0 Å². The zero-order chi connectivity index (χ0) is 13.2. The van der Waals surface area contributed by atoms with Crippen molar-refractivity contribution < 1.29 is 9.90 Å². The van der Waals surface area contributed by atoms with Crippen molar-refractivity contribution in [3.63, 3.8) is 0 Å². The fourth-order valence-corrected chi connectivity index (χ4v) is 3.02. The molecule has 2 aromatic rings. The van der Waals surface area contributed by atoms with Gasteiger partial charge in [-0.15, -0.1) is 11.3 Å². The first-order chi connectivity index (χ1) is 8.02. The number of fused-ring (bicyclic) bond motifs is 1. The third-order valence-electron chi connectivity index (χ3n) is 2.82. The molecule has 0 saturated carbocycles. The molecule has 92 valence electrons. The maximum Gasteiger partial charge on any atom is 0.335 e. The molecule has 1 heterocycles. The summed E-state index contributed by atoms with van der Waals surface area (Å²) in [5, 5.41) is 10.1. The van der Waals surface area contributed by atoms with Crippen molar-refractivity contribution in [2.24, 2.45) is 0 Å². The van der Waals surface area contributed by atoms with Crippen molar-refractivity contribution in [1.29, 1.82) is 0 Å². The Morgan fingerprint density at radius 3 is 2.24 bits per heavy atom. The standard InChI is InChI=1S/C12H12O2S.C2H6/c1-6-8(3)15-10-5-4-9(12(13)14)7(2)11(6)10;1-2/h4-5H,1-3H3,(H,13,14);1-2H3. The van der Waals surface area contributed by atoms with Crippen molar-refractivity contribution in [2.75, 3.05) is 0 Å². The summed E-state index contributed by atoms with van der Waals surface area (Å²) in [5.41, 5.74) is 2.49. The smallest absolute Gasteiger partial charge is 0.335 e. The van der Waals surface area contributed by atoms with Gasteiger partial charge in [-0.1, -0.05) is 13.8 Å². The predicted octanol–water partition coefficient (Wildman–Crippen LogP) is 4.55. The summed E-state index contributed by atoms with van der Waals surface area (Å²) in [6.07, 6.45) is 0. The van der Waals surface area contributed by atoms with Crippen molar-refractivity contribution in [3.05, 3.63) is 33.7 Å². The molecule has 0 spiro atoms. The van der Waals surface area contributed by atoms with Crippen LogP contribution in [0.5, 0.6) is 0 Å². The Bertz CT molecular complexity index is 553. The van der Waals surface area contributed by atoms with E-state index in [0.717, 1.165) is 10.9 Å². The molecule has 2 nitrogen and oxygen atoms in total. The van der Waals surface area contributed by atoms with Gasteiger partial charge in [-0.2, -0.15) is 0 Å². The molecule has 0 aliphatic rings. The molecular weight excluding hydrogens is 232 g/mol. The minimum atomic E-state index is -0.849. The van der Waals surface area contributed by atoms with Gasteiger partial charge in [-0.05, 0) is 49.4 Å². The van der Waals surface area contributed by atoms with Crippen LogP contribution in [0.1, 0.15) is 40.2 Å². The number of carboxylic acid groups (broad SMARTS) is 1. The minimum Gasteiger partial charge on any atom is -0.478 e. The predicted molar refractivity (Wildman–Crippen MR) is 74.3 cm³/mol. The molecule has 17 heavy (non-hydrogen) atoms. The van der Waals surface area contributed by atoms with Crippen LogP contribution in [0.25, 0.3) is 10.1 Å². The van der Waals surface area contributed by atoms with E-state index in [2.05, 4.69) is 6.92 Å². The van der Waals surface area contributed by atoms with Crippen LogP contribution in [0.2, 0.25) is 0 Å². The van der Waals surface area contributed by atoms with E-state index in [9.17, 15) is 4.79 Å². The van der Waals surface area contributed by atoms with Crippen molar-refractivity contribution in [1.82, 2.24) is 0 Å². The Hall–Kier alpha value is -1.35. The SMILES string of the molecule is CC.Cc1sc2ccc(C(=O)O)c(C)c2c1C. The Balaban J connectivity index is 0.000000686. The Kier molecular flexibility index (Phi) is 4.29. The number of aryl methyl sites for hydroxylation is 3. The minimum absolute atomic E-state index is 0.406. The summed E-state index contributed by atoms with van der Waals surface area (Å²) in [7, 11) is 0. The molecule has 0 saturated heterocycles. The van der Waals surface area contributed by atoms with E-state index >= 15 is 0 Å². The van der Waals surface area contributed by atoms with Crippen LogP contribution in [-0.2, 0) is 0 Å². The fourth-order valence-electron chi connectivity index (χ4n) is 1.89. The molecule has 0 atom stereocenters. The van der Waals surface area contributed by atoms with Gasteiger partial charge in [-0.3, -0.25) is 0 Å². The maximum atomic E-state index is 11.0. The van der Waals surface area contributed by atoms with E-state index in [1.54, 1.807) is 17.4 Å². The van der Waals surface area contributed by atoms with Gasteiger partial charge >= 0.3 is 5.97 Å². The van der Waals surface area contributed by atoms with Gasteiger partial charge in [0, 0.05) is 9.58 Å². The molecule has 0 radical (unpaired) electrons. The largest absolute Gasteiger partial charge is 0.478 e. The topological polar surface area (TPSA) is 37.3 Å². The van der Waals surface area contributed by atoms with Crippen molar-refractivity contribution in [3.8, 4) is 0 Å². The van der Waals surface area contributed by atoms with Gasteiger partial charge in [0.2, 0.25) is 0 Å².